The van der Waals surface area contributed by atoms with E-state index in [0.29, 0.717) is 21.0 Å². The summed E-state index contributed by atoms with van der Waals surface area (Å²) < 4.78 is 6.22. The predicted molar refractivity (Wildman–Crippen MR) is 80.6 cm³/mol. The Bertz CT molecular complexity index is 892. The van der Waals surface area contributed by atoms with E-state index in [1.807, 2.05) is 18.2 Å². The second-order valence-corrected chi connectivity index (χ2v) is 6.11. The Kier molecular flexibility index (Phi) is 3.38. The minimum Gasteiger partial charge on any atom is -0.422 e. The van der Waals surface area contributed by atoms with E-state index in [-0.39, 0.29) is 6.42 Å². The summed E-state index contributed by atoms with van der Waals surface area (Å²) in [6.45, 7) is 0. The number of nitriles is 1. The van der Waals surface area contributed by atoms with Gasteiger partial charge in [0.25, 0.3) is 0 Å². The number of hydrogen-bond donors (Lipinski definition) is 0. The van der Waals surface area contributed by atoms with Crippen molar-refractivity contribution < 1.29 is 4.42 Å². The molecule has 0 bridgehead atoms. The quantitative estimate of drug-likeness (QED) is 0.662. The summed E-state index contributed by atoms with van der Waals surface area (Å²) in [5, 5.41) is 10.2. The SMILES string of the molecule is N#CCc1ncc(-c2cc3cc(Br)ccc3oc2=O)s1. The highest BCUT2D eigenvalue weighted by molar-refractivity contribution is 9.10. The van der Waals surface area contributed by atoms with Gasteiger partial charge in [-0.15, -0.1) is 11.3 Å². The molecule has 2 aromatic heterocycles. The summed E-state index contributed by atoms with van der Waals surface area (Å²) >= 11 is 4.72. The smallest absolute Gasteiger partial charge is 0.345 e. The number of aromatic nitrogens is 1. The summed E-state index contributed by atoms with van der Waals surface area (Å²) in [4.78, 5) is 16.9. The average molecular weight is 347 g/mol. The van der Waals surface area contributed by atoms with Crippen molar-refractivity contribution in [2.75, 3.05) is 0 Å². The molecular formula is C14H7BrN2O2S. The second kappa shape index (κ2) is 5.19. The molecule has 0 aliphatic heterocycles. The zero-order chi connectivity index (χ0) is 14.1. The van der Waals surface area contributed by atoms with Gasteiger partial charge in [0, 0.05) is 16.1 Å². The Morgan fingerprint density at radius 3 is 3.05 bits per heavy atom. The van der Waals surface area contributed by atoms with Gasteiger partial charge in [0.15, 0.2) is 0 Å². The second-order valence-electron chi connectivity index (χ2n) is 4.08. The maximum absolute atomic E-state index is 12.0. The molecule has 0 atom stereocenters. The van der Waals surface area contributed by atoms with Gasteiger partial charge in [-0.3, -0.25) is 0 Å². The van der Waals surface area contributed by atoms with E-state index in [1.165, 1.54) is 11.3 Å². The molecule has 0 amide bonds. The molecule has 3 aromatic rings. The molecule has 0 radical (unpaired) electrons. The largest absolute Gasteiger partial charge is 0.422 e. The number of rotatable bonds is 2. The molecule has 4 nitrogen and oxygen atoms in total. The van der Waals surface area contributed by atoms with Gasteiger partial charge in [0.2, 0.25) is 0 Å². The van der Waals surface area contributed by atoms with Crippen LogP contribution in [0.25, 0.3) is 21.4 Å². The maximum atomic E-state index is 12.0. The lowest BCUT2D eigenvalue weighted by Gasteiger charge is -2.00. The van der Waals surface area contributed by atoms with Gasteiger partial charge in [-0.05, 0) is 24.3 Å². The van der Waals surface area contributed by atoms with Gasteiger partial charge in [0.05, 0.1) is 22.9 Å². The first kappa shape index (κ1) is 13.0. The number of hydrogen-bond acceptors (Lipinski definition) is 5. The van der Waals surface area contributed by atoms with Gasteiger partial charge in [-0.2, -0.15) is 5.26 Å². The topological polar surface area (TPSA) is 66.9 Å². The molecule has 20 heavy (non-hydrogen) atoms. The summed E-state index contributed by atoms with van der Waals surface area (Å²) in [5.74, 6) is 0. The highest BCUT2D eigenvalue weighted by Crippen LogP contribution is 2.27. The van der Waals surface area contributed by atoms with E-state index >= 15 is 0 Å². The third-order valence-electron chi connectivity index (χ3n) is 2.74. The van der Waals surface area contributed by atoms with Crippen molar-refractivity contribution in [2.45, 2.75) is 6.42 Å². The number of thiazole rings is 1. The Morgan fingerprint density at radius 1 is 1.40 bits per heavy atom. The lowest BCUT2D eigenvalue weighted by molar-refractivity contribution is 0.563. The Hall–Kier alpha value is -1.97. The van der Waals surface area contributed by atoms with Crippen molar-refractivity contribution in [1.29, 1.82) is 5.26 Å². The number of nitrogens with zero attached hydrogens (tertiary/aromatic N) is 2. The van der Waals surface area contributed by atoms with E-state index in [1.54, 1.807) is 18.3 Å². The Balaban J connectivity index is 2.17. The molecule has 0 aliphatic rings. The van der Waals surface area contributed by atoms with E-state index in [9.17, 15) is 4.79 Å². The van der Waals surface area contributed by atoms with E-state index in [4.69, 9.17) is 9.68 Å². The van der Waals surface area contributed by atoms with Crippen LogP contribution < -0.4 is 5.63 Å². The minimum absolute atomic E-state index is 0.245. The molecule has 0 spiro atoms. The van der Waals surface area contributed by atoms with Crippen LogP contribution in [0.4, 0.5) is 0 Å². The molecule has 0 saturated carbocycles. The van der Waals surface area contributed by atoms with E-state index in [2.05, 4.69) is 20.9 Å². The van der Waals surface area contributed by atoms with Crippen LogP contribution in [0.15, 0.2) is 44.1 Å². The molecule has 2 heterocycles. The first-order valence-electron chi connectivity index (χ1n) is 5.73. The Labute approximate surface area is 126 Å². The van der Waals surface area contributed by atoms with Crippen LogP contribution in [0.5, 0.6) is 0 Å². The Morgan fingerprint density at radius 2 is 2.25 bits per heavy atom. The fourth-order valence-electron chi connectivity index (χ4n) is 1.85. The molecule has 98 valence electrons. The van der Waals surface area contributed by atoms with Crippen LogP contribution in [0.1, 0.15) is 5.01 Å². The zero-order valence-electron chi connectivity index (χ0n) is 10.1. The number of benzene rings is 1. The molecule has 0 unspecified atom stereocenters. The van der Waals surface area contributed by atoms with E-state index in [0.717, 1.165) is 9.86 Å². The molecule has 0 N–H and O–H groups in total. The van der Waals surface area contributed by atoms with E-state index < -0.39 is 5.63 Å². The molecule has 0 fully saturated rings. The van der Waals surface area contributed by atoms with Gasteiger partial charge >= 0.3 is 5.63 Å². The van der Waals surface area contributed by atoms with Crippen molar-refractivity contribution in [3.63, 3.8) is 0 Å². The normalized spacial score (nSPS) is 10.6. The van der Waals surface area contributed by atoms with Crippen LogP contribution >= 0.6 is 27.3 Å². The third-order valence-corrected chi connectivity index (χ3v) is 4.27. The monoisotopic (exact) mass is 346 g/mol. The van der Waals surface area contributed by atoms with Gasteiger partial charge < -0.3 is 4.42 Å². The van der Waals surface area contributed by atoms with Crippen LogP contribution in [0.3, 0.4) is 0 Å². The first-order chi connectivity index (χ1) is 9.67. The first-order valence-corrected chi connectivity index (χ1v) is 7.34. The highest BCUT2D eigenvalue weighted by Gasteiger charge is 2.11. The fraction of sp³-hybridized carbons (Fsp3) is 0.0714. The fourth-order valence-corrected chi connectivity index (χ4v) is 3.08. The molecule has 0 saturated heterocycles. The maximum Gasteiger partial charge on any atom is 0.345 e. The molecule has 6 heteroatoms. The summed E-state index contributed by atoms with van der Waals surface area (Å²) in [5.41, 5.74) is 0.619. The third kappa shape index (κ3) is 2.38. The van der Waals surface area contributed by atoms with Crippen molar-refractivity contribution in [3.05, 3.63) is 50.4 Å². The average Bonchev–Trinajstić information content (AvgIpc) is 2.87. The van der Waals surface area contributed by atoms with Crippen LogP contribution in [0.2, 0.25) is 0 Å². The highest BCUT2D eigenvalue weighted by atomic mass is 79.9. The predicted octanol–water partition coefficient (Wildman–Crippen LogP) is 3.75. The molecular weight excluding hydrogens is 340 g/mol. The molecule has 1 aromatic carbocycles. The lowest BCUT2D eigenvalue weighted by atomic mass is 10.2. The molecule has 3 rings (SSSR count). The lowest BCUT2D eigenvalue weighted by Crippen LogP contribution is -2.01. The number of fused-ring (bicyclic) bond motifs is 1. The minimum atomic E-state index is -0.396. The summed E-state index contributed by atoms with van der Waals surface area (Å²) in [6.07, 6.45) is 1.85. The van der Waals surface area contributed by atoms with Gasteiger partial charge in [-0.1, -0.05) is 15.9 Å². The van der Waals surface area contributed by atoms with Crippen LogP contribution in [-0.2, 0) is 6.42 Å². The van der Waals surface area contributed by atoms with Crippen LogP contribution in [-0.4, -0.2) is 4.98 Å². The van der Waals surface area contributed by atoms with Crippen LogP contribution in [0, 0.1) is 11.3 Å². The van der Waals surface area contributed by atoms with Crippen molar-refractivity contribution in [2.24, 2.45) is 0 Å². The summed E-state index contributed by atoms with van der Waals surface area (Å²) in [7, 11) is 0. The van der Waals surface area contributed by atoms with Crippen molar-refractivity contribution in [3.8, 4) is 16.5 Å². The van der Waals surface area contributed by atoms with Crippen molar-refractivity contribution >= 4 is 38.2 Å². The molecule has 0 aliphatic carbocycles. The van der Waals surface area contributed by atoms with Crippen molar-refractivity contribution in [1.82, 2.24) is 4.98 Å². The summed E-state index contributed by atoms with van der Waals surface area (Å²) in [6, 6.07) is 9.29. The standard InChI is InChI=1S/C14H7BrN2O2S/c15-9-1-2-11-8(5-9)6-10(14(18)19-11)12-7-17-13(20-12)3-4-16/h1-2,5-7H,3H2. The van der Waals surface area contributed by atoms with Gasteiger partial charge in [-0.25, -0.2) is 9.78 Å². The van der Waals surface area contributed by atoms with Gasteiger partial charge in [0.1, 0.15) is 10.6 Å². The zero-order valence-corrected chi connectivity index (χ0v) is 12.5. The number of halogens is 1.